The summed E-state index contributed by atoms with van der Waals surface area (Å²) in [6, 6.07) is 11.4. The summed E-state index contributed by atoms with van der Waals surface area (Å²) in [7, 11) is -2.24. The summed E-state index contributed by atoms with van der Waals surface area (Å²) < 4.78 is 33.8. The minimum atomic E-state index is -3.75. The van der Waals surface area contributed by atoms with Gasteiger partial charge in [0.2, 0.25) is 10.0 Å². The van der Waals surface area contributed by atoms with Crippen molar-refractivity contribution >= 4 is 38.4 Å². The minimum absolute atomic E-state index is 0.0435. The lowest BCUT2D eigenvalue weighted by Gasteiger charge is -2.09. The molecule has 0 aliphatic carbocycles. The van der Waals surface area contributed by atoms with E-state index in [1.165, 1.54) is 29.8 Å². The first-order valence-electron chi connectivity index (χ1n) is 9.26. The second-order valence-electron chi connectivity index (χ2n) is 6.55. The Morgan fingerprint density at radius 1 is 1.06 bits per heavy atom. The molecule has 160 valence electrons. The smallest absolute Gasteiger partial charge is 0.408 e. The molecule has 0 atom stereocenters. The zero-order valence-corrected chi connectivity index (χ0v) is 17.3. The third kappa shape index (κ3) is 4.70. The molecule has 3 aromatic heterocycles. The van der Waals surface area contributed by atoms with Crippen molar-refractivity contribution < 1.29 is 12.8 Å². The Bertz CT molecular complexity index is 1350. The van der Waals surface area contributed by atoms with Crippen LogP contribution in [0.25, 0.3) is 11.1 Å². The van der Waals surface area contributed by atoms with Crippen LogP contribution in [0.5, 0.6) is 0 Å². The summed E-state index contributed by atoms with van der Waals surface area (Å²) in [6.45, 7) is 0.428. The molecule has 0 amide bonds. The van der Waals surface area contributed by atoms with Crippen LogP contribution in [-0.4, -0.2) is 41.3 Å². The van der Waals surface area contributed by atoms with E-state index in [1.807, 2.05) is 6.07 Å². The number of anilines is 3. The predicted octanol–water partition coefficient (Wildman–Crippen LogP) is 1.45. The van der Waals surface area contributed by atoms with E-state index in [1.54, 1.807) is 30.6 Å². The first-order valence-corrected chi connectivity index (χ1v) is 10.7. The van der Waals surface area contributed by atoms with Gasteiger partial charge in [-0.15, -0.1) is 10.2 Å². The summed E-state index contributed by atoms with van der Waals surface area (Å²) in [6.07, 6.45) is 3.35. The van der Waals surface area contributed by atoms with E-state index in [9.17, 15) is 13.2 Å². The van der Waals surface area contributed by atoms with Gasteiger partial charge < -0.3 is 15.1 Å². The van der Waals surface area contributed by atoms with Crippen molar-refractivity contribution in [3.63, 3.8) is 0 Å². The van der Waals surface area contributed by atoms with Crippen molar-refractivity contribution in [3.8, 4) is 0 Å². The Morgan fingerprint density at radius 2 is 1.87 bits per heavy atom. The summed E-state index contributed by atoms with van der Waals surface area (Å²) in [4.78, 5) is 15.6. The monoisotopic (exact) mass is 441 g/mol. The average Bonchev–Trinajstić information content (AvgIpc) is 3.06. The van der Waals surface area contributed by atoms with Gasteiger partial charge in [0, 0.05) is 26.3 Å². The highest BCUT2D eigenvalue weighted by molar-refractivity contribution is 7.89. The first kappa shape index (κ1) is 20.5. The van der Waals surface area contributed by atoms with Crippen LogP contribution < -0.4 is 21.1 Å². The summed E-state index contributed by atoms with van der Waals surface area (Å²) >= 11 is 0. The van der Waals surface area contributed by atoms with Gasteiger partial charge in [0.1, 0.15) is 5.82 Å². The number of fused-ring (bicyclic) bond motifs is 1. The Morgan fingerprint density at radius 3 is 2.61 bits per heavy atom. The van der Waals surface area contributed by atoms with Gasteiger partial charge in [-0.2, -0.15) is 0 Å². The Labute approximate surface area is 177 Å². The predicted molar refractivity (Wildman–Crippen MR) is 115 cm³/mol. The molecule has 31 heavy (non-hydrogen) atoms. The fraction of sp³-hybridized carbons (Fsp3) is 0.158. The molecule has 0 saturated heterocycles. The number of nitrogens with zero attached hydrogens (tertiary/aromatic N) is 4. The van der Waals surface area contributed by atoms with Crippen molar-refractivity contribution in [3.05, 3.63) is 65.4 Å². The van der Waals surface area contributed by atoms with Crippen LogP contribution in [0.4, 0.5) is 17.3 Å². The molecule has 12 heteroatoms. The van der Waals surface area contributed by atoms with Crippen LogP contribution >= 0.6 is 0 Å². The maximum absolute atomic E-state index is 12.5. The van der Waals surface area contributed by atoms with Crippen molar-refractivity contribution in [1.82, 2.24) is 24.5 Å². The number of hydrogen-bond donors (Lipinski definition) is 3. The molecule has 4 aromatic rings. The molecule has 3 N–H and O–H groups in total. The molecule has 0 aliphatic heterocycles. The minimum Gasteiger partial charge on any atom is -0.408 e. The van der Waals surface area contributed by atoms with Gasteiger partial charge in [0.05, 0.1) is 22.3 Å². The van der Waals surface area contributed by atoms with Crippen LogP contribution in [0.3, 0.4) is 0 Å². The van der Waals surface area contributed by atoms with Crippen molar-refractivity contribution in [2.45, 2.75) is 4.90 Å². The fourth-order valence-corrected chi connectivity index (χ4v) is 3.86. The van der Waals surface area contributed by atoms with Gasteiger partial charge >= 0.3 is 5.76 Å². The van der Waals surface area contributed by atoms with E-state index in [4.69, 9.17) is 4.42 Å². The van der Waals surface area contributed by atoms with Crippen molar-refractivity contribution in [1.29, 1.82) is 0 Å². The van der Waals surface area contributed by atoms with Gasteiger partial charge in [-0.05, 0) is 42.5 Å². The number of aromatic nitrogens is 4. The Hall–Kier alpha value is -3.77. The average molecular weight is 441 g/mol. The number of sulfonamides is 1. The molecule has 0 fully saturated rings. The number of nitrogens with one attached hydrogen (secondary N) is 3. The molecule has 3 heterocycles. The van der Waals surface area contributed by atoms with E-state index in [2.05, 4.69) is 30.5 Å². The first-order chi connectivity index (χ1) is 14.9. The molecule has 0 spiro atoms. The van der Waals surface area contributed by atoms with Crippen LogP contribution in [0.15, 0.2) is 69.0 Å². The van der Waals surface area contributed by atoms with Gasteiger partial charge in [-0.25, -0.2) is 17.9 Å². The summed E-state index contributed by atoms with van der Waals surface area (Å²) in [5.41, 5.74) is 1.52. The molecular formula is C19H19N7O4S. The number of hydrogen-bond acceptors (Lipinski definition) is 9. The van der Waals surface area contributed by atoms with Crippen molar-refractivity contribution in [2.75, 3.05) is 23.7 Å². The molecule has 11 nitrogen and oxygen atoms in total. The number of benzene rings is 1. The third-order valence-corrected chi connectivity index (χ3v) is 5.85. The number of oxazole rings is 1. The van der Waals surface area contributed by atoms with E-state index in [-0.39, 0.29) is 11.4 Å². The molecular weight excluding hydrogens is 422 g/mol. The molecule has 4 rings (SSSR count). The van der Waals surface area contributed by atoms with E-state index in [0.29, 0.717) is 29.3 Å². The number of pyridine rings is 1. The van der Waals surface area contributed by atoms with Gasteiger partial charge in [0.15, 0.2) is 11.4 Å². The SMILES string of the molecule is Cn1c(=O)oc2ccc(S(=O)(=O)NCCNc3ccc(Nc4cccnc4)nn3)cc21. The van der Waals surface area contributed by atoms with Crippen molar-refractivity contribution in [2.24, 2.45) is 7.05 Å². The fourth-order valence-electron chi connectivity index (χ4n) is 2.81. The van der Waals surface area contributed by atoms with Crippen LogP contribution in [-0.2, 0) is 17.1 Å². The summed E-state index contributed by atoms with van der Waals surface area (Å²) in [5.74, 6) is 0.513. The zero-order chi connectivity index (χ0) is 21.8. The van der Waals surface area contributed by atoms with E-state index in [0.717, 1.165) is 5.69 Å². The lowest BCUT2D eigenvalue weighted by molar-refractivity contribution is 0.528. The molecule has 0 aliphatic rings. The number of rotatable bonds is 8. The highest BCUT2D eigenvalue weighted by Gasteiger charge is 2.16. The Balaban J connectivity index is 1.32. The molecule has 1 aromatic carbocycles. The quantitative estimate of drug-likeness (QED) is 0.346. The highest BCUT2D eigenvalue weighted by Crippen LogP contribution is 2.18. The maximum atomic E-state index is 12.5. The van der Waals surface area contributed by atoms with Gasteiger partial charge in [-0.3, -0.25) is 9.55 Å². The third-order valence-electron chi connectivity index (χ3n) is 4.39. The molecule has 0 saturated carbocycles. The lowest BCUT2D eigenvalue weighted by Crippen LogP contribution is -2.29. The van der Waals surface area contributed by atoms with E-state index < -0.39 is 15.8 Å². The summed E-state index contributed by atoms with van der Waals surface area (Å²) in [5, 5.41) is 14.2. The lowest BCUT2D eigenvalue weighted by atomic mass is 10.3. The molecule has 0 bridgehead atoms. The second-order valence-corrected chi connectivity index (χ2v) is 8.32. The molecule has 0 radical (unpaired) electrons. The normalized spacial score (nSPS) is 11.5. The van der Waals surface area contributed by atoms with Gasteiger partial charge in [0.25, 0.3) is 0 Å². The Kier molecular flexibility index (Phi) is 5.64. The zero-order valence-electron chi connectivity index (χ0n) is 16.4. The maximum Gasteiger partial charge on any atom is 0.419 e. The van der Waals surface area contributed by atoms with Gasteiger partial charge in [-0.1, -0.05) is 0 Å². The second kappa shape index (κ2) is 8.53. The largest absolute Gasteiger partial charge is 0.419 e. The topological polar surface area (TPSA) is 144 Å². The molecule has 0 unspecified atom stereocenters. The highest BCUT2D eigenvalue weighted by atomic mass is 32.2. The van der Waals surface area contributed by atoms with Crippen LogP contribution in [0.1, 0.15) is 0 Å². The standard InChI is InChI=1S/C19H19N7O4S/c1-26-15-11-14(4-5-16(15)30-19(26)27)31(28,29)22-10-9-21-17-6-7-18(25-24-17)23-13-3-2-8-20-12-13/h2-8,11-12,22H,9-10H2,1H3,(H,21,24)(H,23,25). The van der Waals surface area contributed by atoms with E-state index >= 15 is 0 Å². The number of aryl methyl sites for hydroxylation is 1. The van der Waals surface area contributed by atoms with Crippen LogP contribution in [0, 0.1) is 0 Å². The van der Waals surface area contributed by atoms with Crippen LogP contribution in [0.2, 0.25) is 0 Å².